The topological polar surface area (TPSA) is 173 Å². The first-order chi connectivity index (χ1) is 30.9. The molecule has 356 valence electrons. The van der Waals surface area contributed by atoms with E-state index in [-0.39, 0.29) is 76.3 Å². The molecular formula is C52H74CaO10S2. The van der Waals surface area contributed by atoms with E-state index in [0.717, 1.165) is 38.5 Å². The van der Waals surface area contributed by atoms with Gasteiger partial charge in [-0.1, -0.05) is 203 Å². The van der Waals surface area contributed by atoms with Gasteiger partial charge < -0.3 is 24.2 Å². The van der Waals surface area contributed by atoms with Gasteiger partial charge in [0.2, 0.25) is 0 Å². The van der Waals surface area contributed by atoms with Crippen LogP contribution in [0, 0.1) is 0 Å². The summed E-state index contributed by atoms with van der Waals surface area (Å²) in [6.45, 7) is 4.47. The number of ether oxygens (including phenoxy) is 2. The van der Waals surface area contributed by atoms with Gasteiger partial charge >= 0.3 is 37.7 Å². The van der Waals surface area contributed by atoms with Gasteiger partial charge in [-0.3, -0.25) is 4.55 Å². The molecule has 0 spiro atoms. The Labute approximate surface area is 421 Å². The Morgan fingerprint density at radius 2 is 0.785 bits per heavy atom. The number of para-hydroxylation sites is 4. The van der Waals surface area contributed by atoms with Crippen molar-refractivity contribution in [2.75, 3.05) is 0 Å². The third-order valence-corrected chi connectivity index (χ3v) is 13.3. The van der Waals surface area contributed by atoms with Crippen LogP contribution in [-0.4, -0.2) is 68.8 Å². The molecule has 0 aromatic heterocycles. The average Bonchev–Trinajstić information content (AvgIpc) is 3.26. The number of benzene rings is 4. The largest absolute Gasteiger partial charge is 2.00 e. The van der Waals surface area contributed by atoms with Crippen molar-refractivity contribution in [2.24, 2.45) is 0 Å². The van der Waals surface area contributed by atoms with Crippen molar-refractivity contribution in [1.29, 1.82) is 0 Å². The Kier molecular flexibility index (Phi) is 30.1. The Hall–Kier alpha value is -2.84. The molecule has 2 N–H and O–H groups in total. The molecule has 10 nitrogen and oxygen atoms in total. The first-order valence-electron chi connectivity index (χ1n) is 23.9. The molecule has 0 heterocycles. The van der Waals surface area contributed by atoms with Crippen LogP contribution in [0.15, 0.2) is 94.7 Å². The number of phenolic OH excluding ortho intramolecular Hbond substituents is 1. The van der Waals surface area contributed by atoms with E-state index in [0.29, 0.717) is 29.7 Å². The molecule has 0 saturated carbocycles. The maximum Gasteiger partial charge on any atom is 2.00 e. The van der Waals surface area contributed by atoms with Crippen molar-refractivity contribution in [1.82, 2.24) is 0 Å². The van der Waals surface area contributed by atoms with Gasteiger partial charge in [-0.05, 0) is 68.1 Å². The van der Waals surface area contributed by atoms with Crippen LogP contribution in [0.5, 0.6) is 34.5 Å². The SMILES string of the molecule is CCCCCCCCCCCCCCc1c(Oc2ccccc2O)cccc1S(=O)(=O)O.CCCCCCCCCCCCCCc1c(Oc2ccccc2[O-])cccc1S(=O)(=O)[O-].[Ca+2]. The molecule has 0 saturated heterocycles. The number of unbranched alkanes of at least 4 members (excludes halogenated alkanes) is 22. The number of rotatable bonds is 32. The molecule has 4 aromatic rings. The zero-order valence-corrected chi connectivity index (χ0v) is 43.0. The molecule has 0 radical (unpaired) electrons. The summed E-state index contributed by atoms with van der Waals surface area (Å²) in [5, 5.41) is 22.0. The van der Waals surface area contributed by atoms with Gasteiger partial charge in [-0.15, -0.1) is 0 Å². The van der Waals surface area contributed by atoms with Gasteiger partial charge in [0.15, 0.2) is 11.5 Å². The summed E-state index contributed by atoms with van der Waals surface area (Å²) in [4.78, 5) is -0.394. The van der Waals surface area contributed by atoms with E-state index in [2.05, 4.69) is 13.8 Å². The van der Waals surface area contributed by atoms with Crippen LogP contribution in [-0.2, 0) is 33.1 Å². The zero-order valence-electron chi connectivity index (χ0n) is 39.2. The minimum absolute atomic E-state index is 0. The summed E-state index contributed by atoms with van der Waals surface area (Å²) < 4.78 is 80.3. The fourth-order valence-electron chi connectivity index (χ4n) is 7.85. The number of hydrogen-bond acceptors (Lipinski definition) is 9. The molecule has 0 atom stereocenters. The number of phenols is 1. The van der Waals surface area contributed by atoms with Crippen LogP contribution < -0.4 is 14.6 Å². The predicted molar refractivity (Wildman–Crippen MR) is 260 cm³/mol. The summed E-state index contributed by atoms with van der Waals surface area (Å²) in [6.07, 6.45) is 30.0. The molecule has 0 aliphatic heterocycles. The Balaban J connectivity index is 0.000000440. The molecule has 4 rings (SSSR count). The molecule has 0 aliphatic carbocycles. The summed E-state index contributed by atoms with van der Waals surface area (Å²) in [5.74, 6) is 0.637. The quantitative estimate of drug-likeness (QED) is 0.0272. The van der Waals surface area contributed by atoms with Crippen molar-refractivity contribution in [3.8, 4) is 34.5 Å². The molecule has 0 fully saturated rings. The number of hydrogen-bond donors (Lipinski definition) is 2. The van der Waals surface area contributed by atoms with Gasteiger partial charge in [0.1, 0.15) is 32.3 Å². The fraction of sp³-hybridized carbons (Fsp3) is 0.538. The van der Waals surface area contributed by atoms with E-state index in [9.17, 15) is 36.2 Å². The van der Waals surface area contributed by atoms with Gasteiger partial charge in [-0.25, -0.2) is 8.42 Å². The fourth-order valence-corrected chi connectivity index (χ4v) is 9.37. The van der Waals surface area contributed by atoms with Crippen LogP contribution in [0.1, 0.15) is 179 Å². The van der Waals surface area contributed by atoms with E-state index in [4.69, 9.17) is 9.47 Å². The van der Waals surface area contributed by atoms with Crippen LogP contribution >= 0.6 is 0 Å². The van der Waals surface area contributed by atoms with E-state index >= 15 is 0 Å². The maximum atomic E-state index is 12.0. The molecule has 0 aliphatic rings. The monoisotopic (exact) mass is 962 g/mol. The van der Waals surface area contributed by atoms with E-state index < -0.39 is 20.2 Å². The van der Waals surface area contributed by atoms with Gasteiger partial charge in [0.25, 0.3) is 10.1 Å². The van der Waals surface area contributed by atoms with Crippen molar-refractivity contribution >= 4 is 58.0 Å². The van der Waals surface area contributed by atoms with Gasteiger partial charge in [-0.2, -0.15) is 8.42 Å². The van der Waals surface area contributed by atoms with Crippen LogP contribution in [0.2, 0.25) is 0 Å². The van der Waals surface area contributed by atoms with Gasteiger partial charge in [0.05, 0.1) is 4.90 Å². The summed E-state index contributed by atoms with van der Waals surface area (Å²) >= 11 is 0. The van der Waals surface area contributed by atoms with Crippen molar-refractivity contribution < 1.29 is 45.6 Å². The Morgan fingerprint density at radius 1 is 0.446 bits per heavy atom. The predicted octanol–water partition coefficient (Wildman–Crippen LogP) is 14.0. The maximum absolute atomic E-state index is 12.0. The molecule has 0 amide bonds. The molecule has 0 bridgehead atoms. The second-order valence-electron chi connectivity index (χ2n) is 16.8. The summed E-state index contributed by atoms with van der Waals surface area (Å²) in [7, 11) is -9.00. The van der Waals surface area contributed by atoms with Crippen molar-refractivity contribution in [3.63, 3.8) is 0 Å². The Bertz CT molecular complexity index is 1970. The van der Waals surface area contributed by atoms with Crippen molar-refractivity contribution in [3.05, 3.63) is 96.1 Å². The standard InChI is InChI=1S/2C26H38O5S.Ca/c2*1-2-3-4-5-6-7-8-9-10-11-12-13-17-22-24(20-16-21-26(22)32(28,29)30)31-25-19-15-14-18-23(25)27;/h2*14-16,18-21,27H,2-13,17H2,1H3,(H,28,29,30);/q;;+2/p-2. The zero-order chi connectivity index (χ0) is 46.5. The molecule has 0 unspecified atom stereocenters. The van der Waals surface area contributed by atoms with Crippen LogP contribution in [0.25, 0.3) is 0 Å². The smallest absolute Gasteiger partial charge is 0.870 e. The van der Waals surface area contributed by atoms with E-state index in [1.165, 1.54) is 158 Å². The third kappa shape index (κ3) is 23.6. The minimum atomic E-state index is -4.63. The van der Waals surface area contributed by atoms with E-state index in [1.807, 2.05) is 0 Å². The molecule has 65 heavy (non-hydrogen) atoms. The second-order valence-corrected chi connectivity index (χ2v) is 19.5. The van der Waals surface area contributed by atoms with Gasteiger partial charge in [0, 0.05) is 11.1 Å². The summed E-state index contributed by atoms with van der Waals surface area (Å²) in [5.41, 5.74) is 0.808. The molecular weight excluding hydrogens is 889 g/mol. The van der Waals surface area contributed by atoms with Crippen molar-refractivity contribution in [2.45, 2.75) is 191 Å². The van der Waals surface area contributed by atoms with E-state index in [1.54, 1.807) is 42.5 Å². The second kappa shape index (κ2) is 33.6. The normalized spacial score (nSPS) is 11.4. The minimum Gasteiger partial charge on any atom is -0.870 e. The number of aromatic hydroxyl groups is 1. The first-order valence-corrected chi connectivity index (χ1v) is 26.8. The third-order valence-electron chi connectivity index (χ3n) is 11.4. The first kappa shape index (κ1) is 58.3. The Morgan fingerprint density at radius 3 is 1.18 bits per heavy atom. The van der Waals surface area contributed by atoms with Crippen LogP contribution in [0.3, 0.4) is 0 Å². The summed E-state index contributed by atoms with van der Waals surface area (Å²) in [6, 6.07) is 21.7. The molecule has 13 heteroatoms. The van der Waals surface area contributed by atoms with Crippen LogP contribution in [0.4, 0.5) is 0 Å². The average molecular weight is 963 g/mol. The molecule has 4 aromatic carbocycles.